The number of amides is 2. The lowest BCUT2D eigenvalue weighted by Crippen LogP contribution is -2.51. The summed E-state index contributed by atoms with van der Waals surface area (Å²) in [4.78, 5) is 27.8. The highest BCUT2D eigenvalue weighted by Gasteiger charge is 2.30. The molecule has 0 aliphatic heterocycles. The zero-order valence-corrected chi connectivity index (χ0v) is 19.0. The Morgan fingerprint density at radius 3 is 2.28 bits per heavy atom. The maximum absolute atomic E-state index is 13.3. The second-order valence-corrected chi connectivity index (χ2v) is 7.95. The molecule has 6 heteroatoms. The molecule has 1 atom stereocenters. The Morgan fingerprint density at radius 2 is 1.62 bits per heavy atom. The number of carbonyl (C=O) groups is 2. The van der Waals surface area contributed by atoms with Gasteiger partial charge in [0.1, 0.15) is 11.8 Å². The summed E-state index contributed by atoms with van der Waals surface area (Å²) in [7, 11) is 1.58. The highest BCUT2D eigenvalue weighted by atomic mass is 35.5. The molecule has 3 aromatic carbocycles. The number of hydrogen-bond donors (Lipinski definition) is 1. The number of hydrogen-bond acceptors (Lipinski definition) is 3. The number of ether oxygens (including phenoxy) is 1. The largest absolute Gasteiger partial charge is 0.484 e. The predicted molar refractivity (Wildman–Crippen MR) is 127 cm³/mol. The van der Waals surface area contributed by atoms with E-state index in [1.54, 1.807) is 36.2 Å². The van der Waals surface area contributed by atoms with Gasteiger partial charge in [0.2, 0.25) is 5.91 Å². The molecule has 0 bridgehead atoms. The van der Waals surface area contributed by atoms with Gasteiger partial charge in [0.05, 0.1) is 0 Å². The van der Waals surface area contributed by atoms with Gasteiger partial charge in [0, 0.05) is 25.0 Å². The molecule has 5 nitrogen and oxygen atoms in total. The molecule has 2 amide bonds. The molecule has 0 aliphatic carbocycles. The fraction of sp³-hybridized carbons (Fsp3) is 0.231. The van der Waals surface area contributed by atoms with Crippen molar-refractivity contribution in [3.63, 3.8) is 0 Å². The van der Waals surface area contributed by atoms with Gasteiger partial charge in [-0.25, -0.2) is 0 Å². The number of likely N-dealkylation sites (N-methyl/N-ethyl adjacent to an activating group) is 1. The van der Waals surface area contributed by atoms with E-state index in [9.17, 15) is 9.59 Å². The summed E-state index contributed by atoms with van der Waals surface area (Å²) >= 11 is 5.92. The minimum Gasteiger partial charge on any atom is -0.484 e. The van der Waals surface area contributed by atoms with Crippen LogP contribution in [0.5, 0.6) is 5.75 Å². The molecule has 1 N–H and O–H groups in total. The zero-order valence-electron chi connectivity index (χ0n) is 18.3. The predicted octanol–water partition coefficient (Wildman–Crippen LogP) is 4.41. The van der Waals surface area contributed by atoms with Crippen LogP contribution in [-0.2, 0) is 22.6 Å². The molecule has 0 fully saturated rings. The van der Waals surface area contributed by atoms with Crippen LogP contribution in [0.3, 0.4) is 0 Å². The van der Waals surface area contributed by atoms with Crippen LogP contribution in [0.15, 0.2) is 78.9 Å². The van der Waals surface area contributed by atoms with E-state index < -0.39 is 6.04 Å². The van der Waals surface area contributed by atoms with Gasteiger partial charge in [-0.2, -0.15) is 0 Å². The molecular formula is C26H27ClN2O3. The van der Waals surface area contributed by atoms with E-state index in [0.29, 0.717) is 23.7 Å². The quantitative estimate of drug-likeness (QED) is 0.525. The molecule has 0 aliphatic rings. The molecule has 3 rings (SSSR count). The fourth-order valence-electron chi connectivity index (χ4n) is 3.45. The Morgan fingerprint density at radius 1 is 0.969 bits per heavy atom. The van der Waals surface area contributed by atoms with Crippen LogP contribution in [0.4, 0.5) is 0 Å². The Labute approximate surface area is 194 Å². The normalized spacial score (nSPS) is 11.5. The molecule has 0 aromatic heterocycles. The topological polar surface area (TPSA) is 58.6 Å². The molecule has 0 saturated heterocycles. The Hall–Kier alpha value is -3.31. The Balaban J connectivity index is 1.87. The van der Waals surface area contributed by atoms with Crippen LogP contribution in [0.2, 0.25) is 5.02 Å². The number of nitrogens with zero attached hydrogens (tertiary/aromatic N) is 1. The average Bonchev–Trinajstić information content (AvgIpc) is 2.82. The third-order valence-electron chi connectivity index (χ3n) is 5.30. The zero-order chi connectivity index (χ0) is 22.9. The highest BCUT2D eigenvalue weighted by Crippen LogP contribution is 2.19. The molecule has 3 aromatic rings. The average molecular weight is 451 g/mol. The van der Waals surface area contributed by atoms with Crippen molar-refractivity contribution in [1.29, 1.82) is 0 Å². The SMILES string of the molecule is CNC(=O)[C@@H](Cc1ccccc1)N(Cc1ccccc1C)C(=O)COc1ccc(Cl)cc1. The van der Waals surface area contributed by atoms with Crippen molar-refractivity contribution >= 4 is 23.4 Å². The van der Waals surface area contributed by atoms with Crippen LogP contribution < -0.4 is 10.1 Å². The summed E-state index contributed by atoms with van der Waals surface area (Å²) in [5, 5.41) is 3.30. The molecule has 0 unspecified atom stereocenters. The second kappa shape index (κ2) is 11.3. The van der Waals surface area contributed by atoms with Gasteiger partial charge in [-0.05, 0) is 47.9 Å². The van der Waals surface area contributed by atoms with Gasteiger partial charge >= 0.3 is 0 Å². The first-order chi connectivity index (χ1) is 15.5. The summed E-state index contributed by atoms with van der Waals surface area (Å²) in [5.74, 6) is 0.0492. The summed E-state index contributed by atoms with van der Waals surface area (Å²) in [5.41, 5.74) is 3.01. The molecule has 0 saturated carbocycles. The number of benzene rings is 3. The lowest BCUT2D eigenvalue weighted by molar-refractivity contribution is -0.142. The van der Waals surface area contributed by atoms with Crippen LogP contribution in [-0.4, -0.2) is 36.4 Å². The van der Waals surface area contributed by atoms with Crippen LogP contribution in [0.1, 0.15) is 16.7 Å². The first-order valence-electron chi connectivity index (χ1n) is 10.5. The minimum absolute atomic E-state index is 0.185. The van der Waals surface area contributed by atoms with E-state index in [1.165, 1.54) is 0 Å². The van der Waals surface area contributed by atoms with Crippen molar-refractivity contribution in [3.8, 4) is 5.75 Å². The van der Waals surface area contributed by atoms with Gasteiger partial charge in [0.25, 0.3) is 5.91 Å². The maximum Gasteiger partial charge on any atom is 0.261 e. The van der Waals surface area contributed by atoms with Crippen LogP contribution >= 0.6 is 11.6 Å². The van der Waals surface area contributed by atoms with E-state index >= 15 is 0 Å². The van der Waals surface area contributed by atoms with Crippen LogP contribution in [0, 0.1) is 6.92 Å². The van der Waals surface area contributed by atoms with E-state index in [1.807, 2.05) is 61.5 Å². The van der Waals surface area contributed by atoms with Gasteiger partial charge < -0.3 is 15.0 Å². The van der Waals surface area contributed by atoms with E-state index in [-0.39, 0.29) is 18.4 Å². The first kappa shape index (κ1) is 23.4. The third-order valence-corrected chi connectivity index (χ3v) is 5.55. The van der Waals surface area contributed by atoms with Crippen molar-refractivity contribution in [2.45, 2.75) is 25.9 Å². The number of rotatable bonds is 9. The van der Waals surface area contributed by atoms with Crippen molar-refractivity contribution in [2.24, 2.45) is 0 Å². The number of halogens is 1. The van der Waals surface area contributed by atoms with E-state index in [0.717, 1.165) is 16.7 Å². The highest BCUT2D eigenvalue weighted by molar-refractivity contribution is 6.30. The summed E-state index contributed by atoms with van der Waals surface area (Å²) in [6.07, 6.45) is 0.402. The first-order valence-corrected chi connectivity index (χ1v) is 10.8. The lowest BCUT2D eigenvalue weighted by Gasteiger charge is -2.31. The monoisotopic (exact) mass is 450 g/mol. The van der Waals surface area contributed by atoms with Gasteiger partial charge in [-0.3, -0.25) is 9.59 Å². The molecule has 0 radical (unpaired) electrons. The summed E-state index contributed by atoms with van der Waals surface area (Å²) in [6, 6.07) is 23.7. The van der Waals surface area contributed by atoms with Gasteiger partial charge in [-0.1, -0.05) is 66.2 Å². The smallest absolute Gasteiger partial charge is 0.261 e. The molecule has 32 heavy (non-hydrogen) atoms. The van der Waals surface area contributed by atoms with Gasteiger partial charge in [0.15, 0.2) is 6.61 Å². The molecule has 0 spiro atoms. The Bertz CT molecular complexity index is 1040. The summed E-state index contributed by atoms with van der Waals surface area (Å²) < 4.78 is 5.70. The van der Waals surface area contributed by atoms with E-state index in [4.69, 9.17) is 16.3 Å². The third kappa shape index (κ3) is 6.34. The van der Waals surface area contributed by atoms with Crippen LogP contribution in [0.25, 0.3) is 0 Å². The van der Waals surface area contributed by atoms with E-state index in [2.05, 4.69) is 5.32 Å². The number of nitrogens with one attached hydrogen (secondary N) is 1. The minimum atomic E-state index is -0.677. The number of carbonyl (C=O) groups excluding carboxylic acids is 2. The lowest BCUT2D eigenvalue weighted by atomic mass is 10.0. The van der Waals surface area contributed by atoms with Gasteiger partial charge in [-0.15, -0.1) is 0 Å². The molecular weight excluding hydrogens is 424 g/mol. The fourth-order valence-corrected chi connectivity index (χ4v) is 3.58. The number of aryl methyl sites for hydroxylation is 1. The molecule has 166 valence electrons. The van der Waals surface area contributed by atoms with Crippen molar-refractivity contribution in [2.75, 3.05) is 13.7 Å². The van der Waals surface area contributed by atoms with Crippen molar-refractivity contribution < 1.29 is 14.3 Å². The Kier molecular flexibility index (Phi) is 8.28. The van der Waals surface area contributed by atoms with Crippen molar-refractivity contribution in [1.82, 2.24) is 10.2 Å². The van der Waals surface area contributed by atoms with Crippen molar-refractivity contribution in [3.05, 3.63) is 101 Å². The maximum atomic E-state index is 13.3. The standard InChI is InChI=1S/C26H27ClN2O3/c1-19-8-6-7-11-21(19)17-29(25(30)18-32-23-14-12-22(27)13-15-23)24(26(31)28-2)16-20-9-4-3-5-10-20/h3-15,24H,16-18H2,1-2H3,(H,28,31)/t24-/m1/s1. The second-order valence-electron chi connectivity index (χ2n) is 7.51. The molecule has 0 heterocycles. The summed E-state index contributed by atoms with van der Waals surface area (Å²) in [6.45, 7) is 2.12.